The lowest BCUT2D eigenvalue weighted by Crippen LogP contribution is -2.05. The Hall–Kier alpha value is -2.09. The first-order valence-corrected chi connectivity index (χ1v) is 7.46. The maximum absolute atomic E-state index is 12.3. The van der Waals surface area contributed by atoms with E-state index >= 15 is 0 Å². The highest BCUT2D eigenvalue weighted by atomic mass is 16.5. The van der Waals surface area contributed by atoms with Gasteiger partial charge in [0, 0.05) is 6.42 Å². The van der Waals surface area contributed by atoms with Crippen molar-refractivity contribution in [3.05, 3.63) is 65.7 Å². The monoisotopic (exact) mass is 282 g/mol. The van der Waals surface area contributed by atoms with Crippen molar-refractivity contribution >= 4 is 5.78 Å². The van der Waals surface area contributed by atoms with Gasteiger partial charge in [-0.05, 0) is 30.0 Å². The second-order valence-corrected chi connectivity index (χ2v) is 5.63. The van der Waals surface area contributed by atoms with E-state index in [0.29, 0.717) is 30.3 Å². The zero-order valence-electron chi connectivity index (χ0n) is 12.7. The number of Topliss-reactive ketones (excluding diaryl/α,β-unsaturated/α-hetero) is 1. The smallest absolute Gasteiger partial charge is 0.166 e. The topological polar surface area (TPSA) is 26.3 Å². The van der Waals surface area contributed by atoms with E-state index in [-0.39, 0.29) is 5.78 Å². The average molecular weight is 282 g/mol. The van der Waals surface area contributed by atoms with Crippen molar-refractivity contribution in [2.45, 2.75) is 33.3 Å². The number of hydrogen-bond acceptors (Lipinski definition) is 2. The highest BCUT2D eigenvalue weighted by molar-refractivity contribution is 5.98. The summed E-state index contributed by atoms with van der Waals surface area (Å²) in [6.45, 7) is 4.74. The molecule has 0 spiro atoms. The molecule has 0 saturated carbocycles. The highest BCUT2D eigenvalue weighted by Crippen LogP contribution is 2.22. The molecule has 21 heavy (non-hydrogen) atoms. The molecule has 0 amide bonds. The molecular weight excluding hydrogens is 260 g/mol. The second-order valence-electron chi connectivity index (χ2n) is 5.63. The van der Waals surface area contributed by atoms with Crippen molar-refractivity contribution in [2.75, 3.05) is 0 Å². The van der Waals surface area contributed by atoms with Gasteiger partial charge >= 0.3 is 0 Å². The molecule has 2 aromatic rings. The Labute approximate surface area is 126 Å². The van der Waals surface area contributed by atoms with E-state index in [1.807, 2.05) is 54.6 Å². The van der Waals surface area contributed by atoms with Gasteiger partial charge in [0.05, 0.1) is 5.56 Å². The molecule has 0 bridgehead atoms. The largest absolute Gasteiger partial charge is 0.488 e. The Balaban J connectivity index is 2.04. The van der Waals surface area contributed by atoms with Crippen molar-refractivity contribution in [1.82, 2.24) is 0 Å². The van der Waals surface area contributed by atoms with Crippen LogP contribution in [0.3, 0.4) is 0 Å². The number of ketones is 1. The quantitative estimate of drug-likeness (QED) is 0.676. The van der Waals surface area contributed by atoms with Crippen LogP contribution in [0, 0.1) is 5.92 Å². The molecule has 2 nitrogen and oxygen atoms in total. The summed E-state index contributed by atoms with van der Waals surface area (Å²) in [5.74, 6) is 1.37. The zero-order valence-corrected chi connectivity index (χ0v) is 12.7. The van der Waals surface area contributed by atoms with Crippen LogP contribution in [0.1, 0.15) is 42.6 Å². The van der Waals surface area contributed by atoms with Crippen LogP contribution in [0.15, 0.2) is 54.6 Å². The molecule has 2 heteroatoms. The van der Waals surface area contributed by atoms with Gasteiger partial charge in [-0.3, -0.25) is 4.79 Å². The number of benzene rings is 2. The van der Waals surface area contributed by atoms with Crippen LogP contribution >= 0.6 is 0 Å². The normalized spacial score (nSPS) is 10.6. The molecule has 0 N–H and O–H groups in total. The maximum Gasteiger partial charge on any atom is 0.166 e. The zero-order chi connectivity index (χ0) is 15.1. The van der Waals surface area contributed by atoms with Crippen molar-refractivity contribution in [1.29, 1.82) is 0 Å². The molecule has 0 aromatic heterocycles. The first-order chi connectivity index (χ1) is 10.2. The number of ether oxygens (including phenoxy) is 1. The third-order valence-electron chi connectivity index (χ3n) is 3.37. The number of rotatable bonds is 7. The number of carbonyl (C=O) groups excluding carboxylic acids is 1. The number of carbonyl (C=O) groups is 1. The van der Waals surface area contributed by atoms with E-state index < -0.39 is 0 Å². The molecule has 0 heterocycles. The van der Waals surface area contributed by atoms with E-state index in [2.05, 4.69) is 13.8 Å². The van der Waals surface area contributed by atoms with Gasteiger partial charge in [0.25, 0.3) is 0 Å². The Kier molecular flexibility index (Phi) is 5.56. The summed E-state index contributed by atoms with van der Waals surface area (Å²) in [5.41, 5.74) is 1.79. The van der Waals surface area contributed by atoms with Crippen molar-refractivity contribution in [2.24, 2.45) is 5.92 Å². The third-order valence-corrected chi connectivity index (χ3v) is 3.37. The Morgan fingerprint density at radius 3 is 2.38 bits per heavy atom. The van der Waals surface area contributed by atoms with Gasteiger partial charge in [-0.1, -0.05) is 56.3 Å². The fourth-order valence-electron chi connectivity index (χ4n) is 2.11. The summed E-state index contributed by atoms with van der Waals surface area (Å²) < 4.78 is 5.83. The molecule has 110 valence electrons. The van der Waals surface area contributed by atoms with Crippen LogP contribution < -0.4 is 4.74 Å². The Morgan fingerprint density at radius 1 is 1.00 bits per heavy atom. The standard InChI is InChI=1S/C19H22O2/c1-15(2)12-13-18(20)17-10-6-7-11-19(17)21-14-16-8-4-3-5-9-16/h3-11,15H,12-14H2,1-2H3. The lowest BCUT2D eigenvalue weighted by molar-refractivity contribution is 0.0971. The molecule has 0 aliphatic rings. The minimum absolute atomic E-state index is 0.160. The van der Waals surface area contributed by atoms with E-state index in [9.17, 15) is 4.79 Å². The SMILES string of the molecule is CC(C)CCC(=O)c1ccccc1OCc1ccccc1. The molecule has 2 rings (SSSR count). The van der Waals surface area contributed by atoms with Gasteiger partial charge in [-0.15, -0.1) is 0 Å². The van der Waals surface area contributed by atoms with Crippen LogP contribution in [0.4, 0.5) is 0 Å². The predicted octanol–water partition coefficient (Wildman–Crippen LogP) is 4.88. The molecular formula is C19H22O2. The van der Waals surface area contributed by atoms with E-state index in [1.165, 1.54) is 0 Å². The second kappa shape index (κ2) is 7.63. The van der Waals surface area contributed by atoms with Crippen LogP contribution in [-0.4, -0.2) is 5.78 Å². The molecule has 0 saturated heterocycles. The summed E-state index contributed by atoms with van der Waals surface area (Å²) >= 11 is 0. The van der Waals surface area contributed by atoms with Crippen LogP contribution in [0.5, 0.6) is 5.75 Å². The van der Waals surface area contributed by atoms with E-state index in [0.717, 1.165) is 12.0 Å². The molecule has 0 aliphatic carbocycles. The molecule has 0 aliphatic heterocycles. The lowest BCUT2D eigenvalue weighted by atomic mass is 10.0. The van der Waals surface area contributed by atoms with Gasteiger partial charge in [0.2, 0.25) is 0 Å². The average Bonchev–Trinajstić information content (AvgIpc) is 2.52. The Bertz CT molecular complexity index is 573. The van der Waals surface area contributed by atoms with Gasteiger partial charge in [-0.2, -0.15) is 0 Å². The number of hydrogen-bond donors (Lipinski definition) is 0. The molecule has 0 atom stereocenters. The Morgan fingerprint density at radius 2 is 1.67 bits per heavy atom. The predicted molar refractivity (Wildman–Crippen MR) is 85.6 cm³/mol. The molecule has 2 aromatic carbocycles. The first-order valence-electron chi connectivity index (χ1n) is 7.46. The summed E-state index contributed by atoms with van der Waals surface area (Å²) in [5, 5.41) is 0. The van der Waals surface area contributed by atoms with Crippen LogP contribution in [0.25, 0.3) is 0 Å². The molecule has 0 fully saturated rings. The summed E-state index contributed by atoms with van der Waals surface area (Å²) in [6.07, 6.45) is 1.48. The third kappa shape index (κ3) is 4.75. The first kappa shape index (κ1) is 15.3. The summed E-state index contributed by atoms with van der Waals surface area (Å²) in [6, 6.07) is 17.5. The van der Waals surface area contributed by atoms with Gasteiger partial charge < -0.3 is 4.74 Å². The van der Waals surface area contributed by atoms with Gasteiger partial charge in [0.1, 0.15) is 12.4 Å². The van der Waals surface area contributed by atoms with Crippen molar-refractivity contribution < 1.29 is 9.53 Å². The minimum Gasteiger partial charge on any atom is -0.488 e. The highest BCUT2D eigenvalue weighted by Gasteiger charge is 2.12. The van der Waals surface area contributed by atoms with E-state index in [1.54, 1.807) is 0 Å². The van der Waals surface area contributed by atoms with Gasteiger partial charge in [0.15, 0.2) is 5.78 Å². The summed E-state index contributed by atoms with van der Waals surface area (Å²) in [4.78, 5) is 12.3. The van der Waals surface area contributed by atoms with Crippen LogP contribution in [-0.2, 0) is 6.61 Å². The van der Waals surface area contributed by atoms with Crippen molar-refractivity contribution in [3.63, 3.8) is 0 Å². The molecule has 0 unspecified atom stereocenters. The van der Waals surface area contributed by atoms with Crippen LogP contribution in [0.2, 0.25) is 0 Å². The maximum atomic E-state index is 12.3. The fraction of sp³-hybridized carbons (Fsp3) is 0.316. The lowest BCUT2D eigenvalue weighted by Gasteiger charge is -2.11. The molecule has 0 radical (unpaired) electrons. The fourth-order valence-corrected chi connectivity index (χ4v) is 2.11. The van der Waals surface area contributed by atoms with E-state index in [4.69, 9.17) is 4.74 Å². The van der Waals surface area contributed by atoms with Crippen molar-refractivity contribution in [3.8, 4) is 5.75 Å². The number of para-hydroxylation sites is 1. The minimum atomic E-state index is 0.160. The summed E-state index contributed by atoms with van der Waals surface area (Å²) in [7, 11) is 0. The van der Waals surface area contributed by atoms with Gasteiger partial charge in [-0.25, -0.2) is 0 Å².